The normalized spacial score (nSPS) is 26.6. The Morgan fingerprint density at radius 2 is 1.90 bits per heavy atom. The van der Waals surface area contributed by atoms with Gasteiger partial charge in [0.15, 0.2) is 0 Å². The van der Waals surface area contributed by atoms with Gasteiger partial charge in [0.2, 0.25) is 5.91 Å². The Bertz CT molecular complexity index is 300. The molecule has 2 aliphatic heterocycles. The van der Waals surface area contributed by atoms with Gasteiger partial charge in [0.05, 0.1) is 6.54 Å². The van der Waals surface area contributed by atoms with Crippen molar-refractivity contribution in [3.8, 4) is 0 Å². The molecule has 2 saturated heterocycles. The van der Waals surface area contributed by atoms with Crippen molar-refractivity contribution in [2.45, 2.75) is 51.5 Å². The van der Waals surface area contributed by atoms with Crippen molar-refractivity contribution in [2.75, 3.05) is 39.8 Å². The SMILES string of the molecule is CCC1CCCCN1CC(=O)NCC1CCN(C)CC1. The molecule has 2 aliphatic rings. The molecule has 2 heterocycles. The van der Waals surface area contributed by atoms with E-state index in [2.05, 4.69) is 29.1 Å². The van der Waals surface area contributed by atoms with E-state index >= 15 is 0 Å². The van der Waals surface area contributed by atoms with Gasteiger partial charge in [0.1, 0.15) is 0 Å². The molecule has 2 fully saturated rings. The Hall–Kier alpha value is -0.610. The number of nitrogens with one attached hydrogen (secondary N) is 1. The molecule has 0 bridgehead atoms. The summed E-state index contributed by atoms with van der Waals surface area (Å²) in [4.78, 5) is 16.9. The largest absolute Gasteiger partial charge is 0.355 e. The number of rotatable bonds is 5. The lowest BCUT2D eigenvalue weighted by atomic mass is 9.97. The van der Waals surface area contributed by atoms with Crippen molar-refractivity contribution in [2.24, 2.45) is 5.92 Å². The summed E-state index contributed by atoms with van der Waals surface area (Å²) in [7, 11) is 2.18. The molecular formula is C16H31N3O. The Labute approximate surface area is 123 Å². The summed E-state index contributed by atoms with van der Waals surface area (Å²) >= 11 is 0. The molecule has 0 aromatic carbocycles. The molecule has 0 spiro atoms. The van der Waals surface area contributed by atoms with Crippen LogP contribution in [0.25, 0.3) is 0 Å². The average molecular weight is 281 g/mol. The molecule has 4 nitrogen and oxygen atoms in total. The fourth-order valence-corrected chi connectivity index (χ4v) is 3.50. The van der Waals surface area contributed by atoms with Crippen molar-refractivity contribution in [1.82, 2.24) is 15.1 Å². The molecule has 2 rings (SSSR count). The van der Waals surface area contributed by atoms with Gasteiger partial charge >= 0.3 is 0 Å². The Morgan fingerprint density at radius 3 is 2.60 bits per heavy atom. The van der Waals surface area contributed by atoms with Gasteiger partial charge in [-0.2, -0.15) is 0 Å². The summed E-state index contributed by atoms with van der Waals surface area (Å²) in [6, 6.07) is 0.623. The van der Waals surface area contributed by atoms with Crippen LogP contribution in [0.15, 0.2) is 0 Å². The first kappa shape index (κ1) is 15.8. The predicted octanol–water partition coefficient (Wildman–Crippen LogP) is 1.71. The second kappa shape index (κ2) is 7.99. The van der Waals surface area contributed by atoms with Crippen LogP contribution in [0, 0.1) is 5.92 Å². The van der Waals surface area contributed by atoms with Crippen molar-refractivity contribution in [1.29, 1.82) is 0 Å². The van der Waals surface area contributed by atoms with Crippen LogP contribution in [0.5, 0.6) is 0 Å². The van der Waals surface area contributed by atoms with E-state index in [0.29, 0.717) is 18.5 Å². The van der Waals surface area contributed by atoms with Crippen LogP contribution in [0.1, 0.15) is 45.4 Å². The van der Waals surface area contributed by atoms with Gasteiger partial charge in [0.25, 0.3) is 0 Å². The Balaban J connectivity index is 1.66. The highest BCUT2D eigenvalue weighted by molar-refractivity contribution is 5.78. The molecule has 20 heavy (non-hydrogen) atoms. The van der Waals surface area contributed by atoms with Crippen molar-refractivity contribution in [3.05, 3.63) is 0 Å². The minimum Gasteiger partial charge on any atom is -0.355 e. The van der Waals surface area contributed by atoms with Crippen LogP contribution in [0.2, 0.25) is 0 Å². The highest BCUT2D eigenvalue weighted by Crippen LogP contribution is 2.19. The molecular weight excluding hydrogens is 250 g/mol. The fraction of sp³-hybridized carbons (Fsp3) is 0.938. The molecule has 0 radical (unpaired) electrons. The monoisotopic (exact) mass is 281 g/mol. The molecule has 1 amide bonds. The number of nitrogens with zero attached hydrogens (tertiary/aromatic N) is 2. The molecule has 0 aromatic rings. The first-order valence-corrected chi connectivity index (χ1v) is 8.38. The molecule has 1 N–H and O–H groups in total. The number of hydrogen-bond donors (Lipinski definition) is 1. The number of hydrogen-bond acceptors (Lipinski definition) is 3. The summed E-state index contributed by atoms with van der Waals surface area (Å²) < 4.78 is 0. The minimum absolute atomic E-state index is 0.226. The van der Waals surface area contributed by atoms with E-state index in [1.165, 1.54) is 51.6 Å². The average Bonchev–Trinajstić information content (AvgIpc) is 2.47. The third-order valence-corrected chi connectivity index (χ3v) is 4.99. The maximum atomic E-state index is 12.1. The topological polar surface area (TPSA) is 35.6 Å². The van der Waals surface area contributed by atoms with Crippen molar-refractivity contribution in [3.63, 3.8) is 0 Å². The minimum atomic E-state index is 0.226. The van der Waals surface area contributed by atoms with Crippen molar-refractivity contribution >= 4 is 5.91 Å². The van der Waals surface area contributed by atoms with Gasteiger partial charge in [-0.3, -0.25) is 9.69 Å². The van der Waals surface area contributed by atoms with E-state index < -0.39 is 0 Å². The van der Waals surface area contributed by atoms with Gasteiger partial charge in [-0.25, -0.2) is 0 Å². The summed E-state index contributed by atoms with van der Waals surface area (Å²) in [5, 5.41) is 3.16. The zero-order chi connectivity index (χ0) is 14.4. The van der Waals surface area contributed by atoms with Crippen LogP contribution >= 0.6 is 0 Å². The first-order valence-electron chi connectivity index (χ1n) is 8.38. The van der Waals surface area contributed by atoms with Gasteiger partial charge < -0.3 is 10.2 Å². The van der Waals surface area contributed by atoms with Gasteiger partial charge in [0, 0.05) is 12.6 Å². The molecule has 0 aromatic heterocycles. The van der Waals surface area contributed by atoms with Gasteiger partial charge in [-0.05, 0) is 64.7 Å². The number of carbonyl (C=O) groups excluding carboxylic acids is 1. The lowest BCUT2D eigenvalue weighted by Crippen LogP contribution is -2.46. The summed E-state index contributed by atoms with van der Waals surface area (Å²) in [5.74, 6) is 0.905. The highest BCUT2D eigenvalue weighted by Gasteiger charge is 2.23. The summed E-state index contributed by atoms with van der Waals surface area (Å²) in [5.41, 5.74) is 0. The standard InChI is InChI=1S/C16H31N3O/c1-3-15-6-4-5-9-19(15)13-16(20)17-12-14-7-10-18(2)11-8-14/h14-15H,3-13H2,1-2H3,(H,17,20). The lowest BCUT2D eigenvalue weighted by molar-refractivity contribution is -0.123. The zero-order valence-electron chi connectivity index (χ0n) is 13.2. The van der Waals surface area contributed by atoms with Gasteiger partial charge in [-0.1, -0.05) is 13.3 Å². The first-order chi connectivity index (χ1) is 9.69. The van der Waals surface area contributed by atoms with Crippen LogP contribution in [-0.4, -0.2) is 61.5 Å². The Kier molecular flexibility index (Phi) is 6.30. The van der Waals surface area contributed by atoms with Crippen LogP contribution in [-0.2, 0) is 4.79 Å². The Morgan fingerprint density at radius 1 is 1.15 bits per heavy atom. The van der Waals surface area contributed by atoms with E-state index in [4.69, 9.17) is 0 Å². The third kappa shape index (κ3) is 4.74. The quantitative estimate of drug-likeness (QED) is 0.833. The van der Waals surface area contributed by atoms with E-state index in [9.17, 15) is 4.79 Å². The third-order valence-electron chi connectivity index (χ3n) is 4.99. The second-order valence-corrected chi connectivity index (χ2v) is 6.58. The molecule has 116 valence electrons. The fourth-order valence-electron chi connectivity index (χ4n) is 3.50. The predicted molar refractivity (Wildman–Crippen MR) is 82.7 cm³/mol. The molecule has 0 saturated carbocycles. The van der Waals surface area contributed by atoms with Crippen LogP contribution in [0.4, 0.5) is 0 Å². The van der Waals surface area contributed by atoms with Crippen LogP contribution in [0.3, 0.4) is 0 Å². The number of carbonyl (C=O) groups is 1. The number of amides is 1. The second-order valence-electron chi connectivity index (χ2n) is 6.58. The van der Waals surface area contributed by atoms with E-state index in [1.54, 1.807) is 0 Å². The molecule has 1 atom stereocenters. The maximum absolute atomic E-state index is 12.1. The molecule has 0 aliphatic carbocycles. The molecule has 4 heteroatoms. The van der Waals surface area contributed by atoms with Crippen LogP contribution < -0.4 is 5.32 Å². The highest BCUT2D eigenvalue weighted by atomic mass is 16.2. The van der Waals surface area contributed by atoms with Gasteiger partial charge in [-0.15, -0.1) is 0 Å². The number of likely N-dealkylation sites (tertiary alicyclic amines) is 2. The maximum Gasteiger partial charge on any atom is 0.234 e. The van der Waals surface area contributed by atoms with E-state index in [-0.39, 0.29) is 5.91 Å². The van der Waals surface area contributed by atoms with Crippen molar-refractivity contribution < 1.29 is 4.79 Å². The number of piperidine rings is 2. The summed E-state index contributed by atoms with van der Waals surface area (Å²) in [6.07, 6.45) is 7.45. The zero-order valence-corrected chi connectivity index (χ0v) is 13.2. The lowest BCUT2D eigenvalue weighted by Gasteiger charge is -2.35. The van der Waals surface area contributed by atoms with E-state index in [1.807, 2.05) is 0 Å². The summed E-state index contributed by atoms with van der Waals surface area (Å²) in [6.45, 7) is 7.15. The molecule has 1 unspecified atom stereocenters. The van der Waals surface area contributed by atoms with E-state index in [0.717, 1.165) is 13.1 Å². The smallest absolute Gasteiger partial charge is 0.234 e.